The number of alkyl halides is 3. The summed E-state index contributed by atoms with van der Waals surface area (Å²) in [7, 11) is 0. The molecule has 2 aromatic rings. The van der Waals surface area contributed by atoms with Crippen LogP contribution in [0.25, 0.3) is 0 Å². The number of carbonyl (C=O) groups is 2. The van der Waals surface area contributed by atoms with Crippen molar-refractivity contribution in [1.29, 1.82) is 0 Å². The van der Waals surface area contributed by atoms with Crippen molar-refractivity contribution >= 4 is 17.6 Å². The highest BCUT2D eigenvalue weighted by Crippen LogP contribution is 2.45. The Morgan fingerprint density at radius 2 is 1.64 bits per heavy atom. The molecule has 10 heteroatoms. The maximum atomic E-state index is 11.1. The first-order chi connectivity index (χ1) is 18.4. The zero-order valence-electron chi connectivity index (χ0n) is 22.3. The van der Waals surface area contributed by atoms with Crippen LogP contribution in [0.1, 0.15) is 65.6 Å². The van der Waals surface area contributed by atoms with E-state index in [-0.39, 0.29) is 0 Å². The van der Waals surface area contributed by atoms with E-state index in [4.69, 9.17) is 19.7 Å². The number of aromatic carboxylic acids is 1. The first kappa shape index (κ1) is 28.7. The number of hydrogen-bond acceptors (Lipinski definition) is 5. The van der Waals surface area contributed by atoms with Crippen LogP contribution in [0.2, 0.25) is 0 Å². The van der Waals surface area contributed by atoms with E-state index in [0.29, 0.717) is 17.6 Å². The van der Waals surface area contributed by atoms with Crippen LogP contribution in [0.3, 0.4) is 0 Å². The predicted octanol–water partition coefficient (Wildman–Crippen LogP) is 5.71. The monoisotopic (exact) mass is 548 g/mol. The summed E-state index contributed by atoms with van der Waals surface area (Å²) >= 11 is 0. The maximum Gasteiger partial charge on any atom is 0.490 e. The van der Waals surface area contributed by atoms with Gasteiger partial charge < -0.3 is 19.8 Å². The molecule has 1 saturated carbocycles. The van der Waals surface area contributed by atoms with Gasteiger partial charge in [0.2, 0.25) is 0 Å². The summed E-state index contributed by atoms with van der Waals surface area (Å²) in [6.45, 7) is 10.4. The molecule has 3 aliphatic rings. The second-order valence-corrected chi connectivity index (χ2v) is 10.8. The topological polar surface area (TPSA) is 90.3 Å². The Bertz CT molecular complexity index is 1180. The number of nitrogens with zero attached hydrogens (tertiary/aromatic N) is 2. The molecule has 2 saturated heterocycles. The number of aryl methyl sites for hydroxylation is 1. The van der Waals surface area contributed by atoms with Gasteiger partial charge in [-0.1, -0.05) is 6.07 Å². The fourth-order valence-corrected chi connectivity index (χ4v) is 5.48. The number of ether oxygens (including phenoxy) is 1. The van der Waals surface area contributed by atoms with E-state index in [0.717, 1.165) is 50.1 Å². The highest BCUT2D eigenvalue weighted by molar-refractivity contribution is 5.88. The van der Waals surface area contributed by atoms with E-state index in [9.17, 15) is 18.0 Å². The van der Waals surface area contributed by atoms with E-state index in [1.807, 2.05) is 12.1 Å². The number of carboxylic acids is 2. The molecule has 5 rings (SSSR count). The van der Waals surface area contributed by atoms with Crippen molar-refractivity contribution in [2.75, 3.05) is 37.7 Å². The van der Waals surface area contributed by atoms with Crippen LogP contribution in [-0.2, 0) is 11.3 Å². The van der Waals surface area contributed by atoms with Crippen LogP contribution >= 0.6 is 0 Å². The van der Waals surface area contributed by atoms with Gasteiger partial charge in [-0.2, -0.15) is 13.2 Å². The normalized spacial score (nSPS) is 18.6. The smallest absolute Gasteiger partial charge is 0.490 e. The minimum Gasteiger partial charge on any atom is -0.494 e. The number of hydrogen-bond donors (Lipinski definition) is 2. The lowest BCUT2D eigenvalue weighted by Gasteiger charge is -2.55. The van der Waals surface area contributed by atoms with E-state index in [1.165, 1.54) is 36.8 Å². The second kappa shape index (κ2) is 11.5. The van der Waals surface area contributed by atoms with Crippen molar-refractivity contribution in [1.82, 2.24) is 4.90 Å². The Morgan fingerprint density at radius 3 is 2.13 bits per heavy atom. The molecule has 2 aromatic carbocycles. The Morgan fingerprint density at radius 1 is 1.05 bits per heavy atom. The highest BCUT2D eigenvalue weighted by Gasteiger charge is 2.45. The van der Waals surface area contributed by atoms with Gasteiger partial charge in [0.15, 0.2) is 0 Å². The lowest BCUT2D eigenvalue weighted by Crippen LogP contribution is -2.60. The van der Waals surface area contributed by atoms with Crippen molar-refractivity contribution in [3.8, 4) is 5.75 Å². The predicted molar refractivity (Wildman–Crippen MR) is 141 cm³/mol. The van der Waals surface area contributed by atoms with Gasteiger partial charge in [0, 0.05) is 30.7 Å². The molecular weight excluding hydrogens is 513 g/mol. The van der Waals surface area contributed by atoms with E-state index in [1.54, 1.807) is 17.7 Å². The minimum absolute atomic E-state index is 0.353. The molecule has 0 bridgehead atoms. The van der Waals surface area contributed by atoms with Crippen LogP contribution in [-0.4, -0.2) is 66.0 Å². The molecule has 0 atom stereocenters. The molecule has 2 N–H and O–H groups in total. The van der Waals surface area contributed by atoms with Gasteiger partial charge in [-0.05, 0) is 106 Å². The molecule has 1 aliphatic carbocycles. The zero-order valence-corrected chi connectivity index (χ0v) is 22.3. The largest absolute Gasteiger partial charge is 0.494 e. The van der Waals surface area contributed by atoms with Gasteiger partial charge >= 0.3 is 18.1 Å². The Balaban J connectivity index is 0.000000448. The number of piperidine rings is 1. The summed E-state index contributed by atoms with van der Waals surface area (Å²) in [4.78, 5) is 25.0. The van der Waals surface area contributed by atoms with Gasteiger partial charge in [-0.15, -0.1) is 0 Å². The van der Waals surface area contributed by atoms with Crippen LogP contribution < -0.4 is 9.64 Å². The molecule has 0 unspecified atom stereocenters. The average molecular weight is 549 g/mol. The van der Waals surface area contributed by atoms with Crippen molar-refractivity contribution in [2.24, 2.45) is 5.41 Å². The number of aliphatic carboxylic acids is 1. The summed E-state index contributed by atoms with van der Waals surface area (Å²) in [5.74, 6) is -1.82. The zero-order chi connectivity index (χ0) is 28.4. The van der Waals surface area contributed by atoms with Crippen LogP contribution in [0.5, 0.6) is 5.75 Å². The van der Waals surface area contributed by atoms with Crippen molar-refractivity contribution in [2.45, 2.75) is 58.2 Å². The Hall–Kier alpha value is -3.27. The third-order valence-corrected chi connectivity index (χ3v) is 7.84. The lowest BCUT2D eigenvalue weighted by molar-refractivity contribution is -0.192. The summed E-state index contributed by atoms with van der Waals surface area (Å²) < 4.78 is 37.6. The summed E-state index contributed by atoms with van der Waals surface area (Å²) in [6.07, 6.45) is 0.0406. The SMILES string of the molecule is CCOc1cc(CN2CCC3(CC2)CN(c2ccc(C(=O)O)cc2)C3)c(C2CC2)cc1C.O=C(O)C(F)(F)F. The lowest BCUT2D eigenvalue weighted by atomic mass is 9.71. The number of likely N-dealkylation sites (tertiary alicyclic amines) is 1. The quantitative estimate of drug-likeness (QED) is 0.458. The molecule has 2 aliphatic heterocycles. The molecule has 0 aromatic heterocycles. The van der Waals surface area contributed by atoms with Gasteiger partial charge in [0.1, 0.15) is 5.75 Å². The number of carboxylic acid groups (broad SMARTS) is 2. The number of benzene rings is 2. The molecule has 7 nitrogen and oxygen atoms in total. The third kappa shape index (κ3) is 7.03. The number of rotatable bonds is 7. The van der Waals surface area contributed by atoms with Gasteiger partial charge in [-0.25, -0.2) is 9.59 Å². The first-order valence-corrected chi connectivity index (χ1v) is 13.3. The van der Waals surface area contributed by atoms with Crippen molar-refractivity contribution in [3.05, 3.63) is 58.7 Å². The fraction of sp³-hybridized carbons (Fsp3) is 0.517. The molecule has 212 valence electrons. The molecule has 39 heavy (non-hydrogen) atoms. The van der Waals surface area contributed by atoms with Crippen LogP contribution in [0.15, 0.2) is 36.4 Å². The van der Waals surface area contributed by atoms with Gasteiger partial charge in [0.05, 0.1) is 12.2 Å². The first-order valence-electron chi connectivity index (χ1n) is 13.3. The van der Waals surface area contributed by atoms with E-state index in [2.05, 4.69) is 35.8 Å². The molecule has 0 amide bonds. The van der Waals surface area contributed by atoms with E-state index >= 15 is 0 Å². The van der Waals surface area contributed by atoms with Gasteiger partial charge in [0.25, 0.3) is 0 Å². The molecule has 1 spiro atoms. The van der Waals surface area contributed by atoms with Crippen LogP contribution in [0.4, 0.5) is 18.9 Å². The maximum absolute atomic E-state index is 11.1. The summed E-state index contributed by atoms with van der Waals surface area (Å²) in [5, 5.41) is 16.2. The number of anilines is 1. The van der Waals surface area contributed by atoms with Crippen molar-refractivity contribution < 1.29 is 37.7 Å². The molecule has 0 radical (unpaired) electrons. The van der Waals surface area contributed by atoms with E-state index < -0.39 is 18.1 Å². The van der Waals surface area contributed by atoms with Crippen molar-refractivity contribution in [3.63, 3.8) is 0 Å². The summed E-state index contributed by atoms with van der Waals surface area (Å²) in [6, 6.07) is 12.0. The molecular formula is C29H35F3N2O5. The minimum atomic E-state index is -5.08. The second-order valence-electron chi connectivity index (χ2n) is 10.8. The Kier molecular flexibility index (Phi) is 8.44. The fourth-order valence-electron chi connectivity index (χ4n) is 5.48. The standard InChI is InChI=1S/C27H34N2O3.C2HF3O2/c1-3-32-25-15-22(24(14-19(25)2)20-4-5-20)16-28-12-10-27(11-13-28)17-29(18-27)23-8-6-21(7-9-23)26(30)31;3-2(4,5)1(6)7/h6-9,14-15,20H,3-5,10-13,16-18H2,1-2H3,(H,30,31);(H,6,7). The molecule has 3 fully saturated rings. The van der Waals surface area contributed by atoms with Gasteiger partial charge in [-0.3, -0.25) is 4.90 Å². The third-order valence-electron chi connectivity index (χ3n) is 7.84. The molecule has 2 heterocycles. The average Bonchev–Trinajstić information content (AvgIpc) is 3.70. The summed E-state index contributed by atoms with van der Waals surface area (Å²) in [5.41, 5.74) is 6.19. The van der Waals surface area contributed by atoms with Crippen LogP contribution in [0, 0.1) is 12.3 Å². The highest BCUT2D eigenvalue weighted by atomic mass is 19.4. The Labute approximate surface area is 226 Å². The number of halogens is 3.